The van der Waals surface area contributed by atoms with E-state index in [-0.39, 0.29) is 5.91 Å². The summed E-state index contributed by atoms with van der Waals surface area (Å²) in [5, 5.41) is 18.6. The molecule has 144 valence electrons. The summed E-state index contributed by atoms with van der Waals surface area (Å²) >= 11 is 1.58. The molecular formula is C21H18N6OS. The van der Waals surface area contributed by atoms with E-state index in [1.54, 1.807) is 29.7 Å². The molecule has 1 N–H and O–H groups in total. The number of tetrazole rings is 1. The van der Waals surface area contributed by atoms with Crippen LogP contribution < -0.4 is 5.43 Å². The highest BCUT2D eigenvalue weighted by atomic mass is 32.1. The van der Waals surface area contributed by atoms with E-state index in [0.717, 1.165) is 21.6 Å². The maximum atomic E-state index is 12.2. The molecule has 0 spiro atoms. The minimum atomic E-state index is -0.257. The van der Waals surface area contributed by atoms with Gasteiger partial charge in [0.1, 0.15) is 0 Å². The van der Waals surface area contributed by atoms with Crippen molar-refractivity contribution >= 4 is 23.5 Å². The minimum Gasteiger partial charge on any atom is -0.267 e. The van der Waals surface area contributed by atoms with Gasteiger partial charge in [0.25, 0.3) is 5.91 Å². The molecule has 2 aromatic carbocycles. The number of rotatable bonds is 6. The van der Waals surface area contributed by atoms with Crippen molar-refractivity contribution in [1.82, 2.24) is 25.6 Å². The van der Waals surface area contributed by atoms with E-state index in [1.165, 1.54) is 4.80 Å². The Hall–Kier alpha value is -3.65. The molecule has 2 aromatic heterocycles. The standard InChI is InChI=1S/C21H18N6OS/c1-15-11-12-29-19(15)13-22-24-21(28)18-9-7-16(8-10-18)14-27-25-20(23-26-27)17-5-3-2-4-6-17/h2-13H,14H2,1H3,(H,24,28). The predicted octanol–water partition coefficient (Wildman–Crippen LogP) is 3.52. The van der Waals surface area contributed by atoms with Gasteiger partial charge < -0.3 is 0 Å². The van der Waals surface area contributed by atoms with Crippen molar-refractivity contribution in [2.24, 2.45) is 5.10 Å². The van der Waals surface area contributed by atoms with Crippen molar-refractivity contribution in [2.45, 2.75) is 13.5 Å². The molecule has 0 aliphatic rings. The van der Waals surface area contributed by atoms with Crippen LogP contribution in [-0.2, 0) is 6.54 Å². The zero-order chi connectivity index (χ0) is 20.1. The molecule has 0 atom stereocenters. The SMILES string of the molecule is Cc1ccsc1C=NNC(=O)c1ccc(Cn2nnc(-c3ccccc3)n2)cc1. The third-order valence-electron chi connectivity index (χ3n) is 4.27. The molecule has 0 saturated heterocycles. The fourth-order valence-electron chi connectivity index (χ4n) is 2.67. The molecule has 1 amide bonds. The third-order valence-corrected chi connectivity index (χ3v) is 5.23. The Labute approximate surface area is 171 Å². The fraction of sp³-hybridized carbons (Fsp3) is 0.0952. The quantitative estimate of drug-likeness (QED) is 0.395. The predicted molar refractivity (Wildman–Crippen MR) is 113 cm³/mol. The molecule has 0 saturated carbocycles. The number of hydrogen-bond donors (Lipinski definition) is 1. The van der Waals surface area contributed by atoms with Crippen LogP contribution in [0.4, 0.5) is 0 Å². The first-order valence-electron chi connectivity index (χ1n) is 8.99. The maximum absolute atomic E-state index is 12.2. The molecule has 0 fully saturated rings. The van der Waals surface area contributed by atoms with Crippen LogP contribution in [0.3, 0.4) is 0 Å². The van der Waals surface area contributed by atoms with Crippen LogP contribution in [0.5, 0.6) is 0 Å². The van der Waals surface area contributed by atoms with Crippen molar-refractivity contribution in [1.29, 1.82) is 0 Å². The average Bonchev–Trinajstić information content (AvgIpc) is 3.38. The summed E-state index contributed by atoms with van der Waals surface area (Å²) in [6, 6.07) is 19.0. The number of hydrazone groups is 1. The van der Waals surface area contributed by atoms with Gasteiger partial charge in [-0.1, -0.05) is 42.5 Å². The highest BCUT2D eigenvalue weighted by Gasteiger charge is 2.08. The number of thiophene rings is 1. The zero-order valence-electron chi connectivity index (χ0n) is 15.7. The summed E-state index contributed by atoms with van der Waals surface area (Å²) in [7, 11) is 0. The second-order valence-electron chi connectivity index (χ2n) is 6.37. The largest absolute Gasteiger partial charge is 0.271 e. The summed E-state index contributed by atoms with van der Waals surface area (Å²) in [5.74, 6) is 0.327. The number of nitrogens with zero attached hydrogens (tertiary/aromatic N) is 5. The molecule has 4 rings (SSSR count). The highest BCUT2D eigenvalue weighted by Crippen LogP contribution is 2.13. The Morgan fingerprint density at radius 1 is 1.14 bits per heavy atom. The lowest BCUT2D eigenvalue weighted by molar-refractivity contribution is 0.0955. The molecule has 0 bridgehead atoms. The van der Waals surface area contributed by atoms with Crippen LogP contribution in [0.15, 0.2) is 71.1 Å². The van der Waals surface area contributed by atoms with E-state index in [0.29, 0.717) is 17.9 Å². The molecule has 0 radical (unpaired) electrons. The Morgan fingerprint density at radius 2 is 1.93 bits per heavy atom. The molecule has 8 heteroatoms. The van der Waals surface area contributed by atoms with E-state index < -0.39 is 0 Å². The number of aromatic nitrogens is 4. The number of hydrogen-bond acceptors (Lipinski definition) is 6. The van der Waals surface area contributed by atoms with Crippen LogP contribution in [-0.4, -0.2) is 32.3 Å². The van der Waals surface area contributed by atoms with Gasteiger partial charge in [-0.15, -0.1) is 21.5 Å². The normalized spacial score (nSPS) is 11.1. The second kappa shape index (κ2) is 8.57. The lowest BCUT2D eigenvalue weighted by Gasteiger charge is -2.03. The van der Waals surface area contributed by atoms with E-state index in [9.17, 15) is 4.79 Å². The summed E-state index contributed by atoms with van der Waals surface area (Å²) in [5.41, 5.74) is 6.11. The Balaban J connectivity index is 1.37. The van der Waals surface area contributed by atoms with Crippen molar-refractivity contribution in [3.05, 3.63) is 87.6 Å². The number of carbonyl (C=O) groups excluding carboxylic acids is 1. The number of benzene rings is 2. The minimum absolute atomic E-state index is 0.257. The van der Waals surface area contributed by atoms with E-state index in [1.807, 2.05) is 60.8 Å². The van der Waals surface area contributed by atoms with Crippen molar-refractivity contribution in [3.8, 4) is 11.4 Å². The molecule has 29 heavy (non-hydrogen) atoms. The average molecular weight is 402 g/mol. The van der Waals surface area contributed by atoms with Crippen LogP contribution in [0.25, 0.3) is 11.4 Å². The lowest BCUT2D eigenvalue weighted by Crippen LogP contribution is -2.17. The Bertz CT molecular complexity index is 1130. The maximum Gasteiger partial charge on any atom is 0.271 e. The molecule has 2 heterocycles. The summed E-state index contributed by atoms with van der Waals surface area (Å²) < 4.78 is 0. The van der Waals surface area contributed by atoms with Crippen molar-refractivity contribution in [2.75, 3.05) is 0 Å². The summed E-state index contributed by atoms with van der Waals surface area (Å²) in [6.07, 6.45) is 1.66. The van der Waals surface area contributed by atoms with Crippen LogP contribution in [0.1, 0.15) is 26.4 Å². The first kappa shape index (κ1) is 18.7. The van der Waals surface area contributed by atoms with E-state index in [2.05, 4.69) is 25.9 Å². The fourth-order valence-corrected chi connectivity index (χ4v) is 3.45. The topological polar surface area (TPSA) is 85.1 Å². The second-order valence-corrected chi connectivity index (χ2v) is 7.32. The molecule has 0 aliphatic heterocycles. The molecule has 0 unspecified atom stereocenters. The smallest absolute Gasteiger partial charge is 0.267 e. The summed E-state index contributed by atoms with van der Waals surface area (Å²) in [4.78, 5) is 14.8. The number of amides is 1. The first-order chi connectivity index (χ1) is 14.2. The van der Waals surface area contributed by atoms with Gasteiger partial charge in [-0.3, -0.25) is 4.79 Å². The van der Waals surface area contributed by atoms with Crippen LogP contribution in [0.2, 0.25) is 0 Å². The van der Waals surface area contributed by atoms with Crippen molar-refractivity contribution in [3.63, 3.8) is 0 Å². The van der Waals surface area contributed by atoms with E-state index >= 15 is 0 Å². The van der Waals surface area contributed by atoms with Gasteiger partial charge >= 0.3 is 0 Å². The zero-order valence-corrected chi connectivity index (χ0v) is 16.5. The number of carbonyl (C=O) groups is 1. The van der Waals surface area contributed by atoms with Gasteiger partial charge in [-0.25, -0.2) is 5.43 Å². The number of aryl methyl sites for hydroxylation is 1. The molecule has 0 aliphatic carbocycles. The summed E-state index contributed by atoms with van der Waals surface area (Å²) in [6.45, 7) is 2.47. The van der Waals surface area contributed by atoms with Gasteiger partial charge in [-0.2, -0.15) is 9.90 Å². The van der Waals surface area contributed by atoms with Gasteiger partial charge in [0.05, 0.1) is 12.8 Å². The monoisotopic (exact) mass is 402 g/mol. The molecule has 7 nitrogen and oxygen atoms in total. The van der Waals surface area contributed by atoms with Crippen LogP contribution >= 0.6 is 11.3 Å². The van der Waals surface area contributed by atoms with Gasteiger partial charge in [0.2, 0.25) is 5.82 Å². The van der Waals surface area contributed by atoms with E-state index in [4.69, 9.17) is 0 Å². The highest BCUT2D eigenvalue weighted by molar-refractivity contribution is 7.11. The third kappa shape index (κ3) is 4.61. The van der Waals surface area contributed by atoms with Crippen molar-refractivity contribution < 1.29 is 4.79 Å². The number of nitrogens with one attached hydrogen (secondary N) is 1. The van der Waals surface area contributed by atoms with Gasteiger partial charge in [0.15, 0.2) is 0 Å². The lowest BCUT2D eigenvalue weighted by atomic mass is 10.1. The first-order valence-corrected chi connectivity index (χ1v) is 9.87. The molecule has 4 aromatic rings. The van der Waals surface area contributed by atoms with Crippen LogP contribution in [0, 0.1) is 6.92 Å². The molecular weight excluding hydrogens is 384 g/mol. The Morgan fingerprint density at radius 3 is 2.66 bits per heavy atom. The van der Waals surface area contributed by atoms with Gasteiger partial charge in [0, 0.05) is 16.0 Å². The Kier molecular flexibility index (Phi) is 5.53. The van der Waals surface area contributed by atoms with Gasteiger partial charge in [-0.05, 0) is 46.8 Å².